The Morgan fingerprint density at radius 2 is 2.11 bits per heavy atom. The van der Waals surface area contributed by atoms with Crippen LogP contribution >= 0.6 is 0 Å². The van der Waals surface area contributed by atoms with Crippen molar-refractivity contribution in [2.45, 2.75) is 45.9 Å². The number of carbonyl (C=O) groups is 2. The van der Waals surface area contributed by atoms with Crippen molar-refractivity contribution in [2.75, 3.05) is 0 Å². The molecule has 0 aromatic carbocycles. The van der Waals surface area contributed by atoms with E-state index in [4.69, 9.17) is 4.74 Å². The Kier molecular flexibility index (Phi) is 4.41. The minimum atomic E-state index is -0.694. The maximum atomic E-state index is 11.6. The van der Waals surface area contributed by atoms with Crippen LogP contribution < -0.4 is 5.32 Å². The molecule has 0 saturated carbocycles. The van der Waals surface area contributed by atoms with E-state index in [1.807, 2.05) is 0 Å². The third-order valence-corrected chi connectivity index (χ3v) is 1.92. The zero-order valence-electron chi connectivity index (χ0n) is 11.0. The Labute approximate surface area is 105 Å². The van der Waals surface area contributed by atoms with Gasteiger partial charge < -0.3 is 10.1 Å². The van der Waals surface area contributed by atoms with E-state index in [0.717, 1.165) is 0 Å². The van der Waals surface area contributed by atoms with E-state index < -0.39 is 17.6 Å². The molecule has 0 bridgehead atoms. The first-order valence-corrected chi connectivity index (χ1v) is 5.64. The van der Waals surface area contributed by atoms with Gasteiger partial charge in [0.05, 0.1) is 6.20 Å². The van der Waals surface area contributed by atoms with E-state index in [-0.39, 0.29) is 12.5 Å². The summed E-state index contributed by atoms with van der Waals surface area (Å²) in [6.45, 7) is 6.92. The van der Waals surface area contributed by atoms with Crippen LogP contribution in [0.15, 0.2) is 12.4 Å². The first-order valence-electron chi connectivity index (χ1n) is 5.64. The zero-order chi connectivity index (χ0) is 13.8. The third kappa shape index (κ3) is 4.94. The van der Waals surface area contributed by atoms with Crippen molar-refractivity contribution in [1.82, 2.24) is 20.3 Å². The summed E-state index contributed by atoms with van der Waals surface area (Å²) in [5.41, 5.74) is -0.567. The number of rotatable bonds is 4. The highest BCUT2D eigenvalue weighted by Crippen LogP contribution is 2.08. The van der Waals surface area contributed by atoms with Gasteiger partial charge >= 0.3 is 5.97 Å². The molecular weight excluding hydrogens is 236 g/mol. The highest BCUT2D eigenvalue weighted by molar-refractivity contribution is 5.84. The minimum absolute atomic E-state index is 0.0210. The number of hydrogen-bond acceptors (Lipinski definition) is 5. The molecule has 100 valence electrons. The Balaban J connectivity index is 2.42. The van der Waals surface area contributed by atoms with Gasteiger partial charge in [-0.05, 0) is 27.7 Å². The van der Waals surface area contributed by atoms with Crippen LogP contribution in [0.4, 0.5) is 0 Å². The van der Waals surface area contributed by atoms with Crippen LogP contribution in [0.2, 0.25) is 0 Å². The molecule has 0 aliphatic carbocycles. The van der Waals surface area contributed by atoms with E-state index in [0.29, 0.717) is 0 Å². The number of hydrogen-bond donors (Lipinski definition) is 1. The van der Waals surface area contributed by atoms with Crippen LogP contribution in [0.5, 0.6) is 0 Å². The van der Waals surface area contributed by atoms with Gasteiger partial charge in [0.25, 0.3) is 0 Å². The van der Waals surface area contributed by atoms with Crippen molar-refractivity contribution in [3.8, 4) is 0 Å². The van der Waals surface area contributed by atoms with Gasteiger partial charge in [-0.1, -0.05) is 5.21 Å². The molecule has 0 spiro atoms. The molecule has 0 saturated heterocycles. The topological polar surface area (TPSA) is 86.1 Å². The molecular formula is C11H18N4O3. The second-order valence-electron chi connectivity index (χ2n) is 4.92. The van der Waals surface area contributed by atoms with Crippen LogP contribution in [0.1, 0.15) is 27.7 Å². The van der Waals surface area contributed by atoms with Crippen molar-refractivity contribution in [2.24, 2.45) is 0 Å². The molecule has 0 aliphatic rings. The maximum absolute atomic E-state index is 11.6. The largest absolute Gasteiger partial charge is 0.458 e. The minimum Gasteiger partial charge on any atom is -0.458 e. The van der Waals surface area contributed by atoms with Crippen LogP contribution in [0.25, 0.3) is 0 Å². The highest BCUT2D eigenvalue weighted by atomic mass is 16.6. The summed E-state index contributed by atoms with van der Waals surface area (Å²) in [4.78, 5) is 23.2. The van der Waals surface area contributed by atoms with E-state index >= 15 is 0 Å². The molecule has 0 unspecified atom stereocenters. The van der Waals surface area contributed by atoms with E-state index in [2.05, 4.69) is 15.6 Å². The predicted octanol–water partition coefficient (Wildman–Crippen LogP) is 0.124. The SMILES string of the molecule is C[C@H](NC(=O)Cn1ccnn1)C(=O)OC(C)(C)C. The van der Waals surface area contributed by atoms with Crippen molar-refractivity contribution in [3.63, 3.8) is 0 Å². The molecule has 1 rings (SSSR count). The Morgan fingerprint density at radius 3 is 2.61 bits per heavy atom. The standard InChI is InChI=1S/C11H18N4O3/c1-8(10(17)18-11(2,3)4)13-9(16)7-15-6-5-12-14-15/h5-6,8H,7H2,1-4H3,(H,13,16)/t8-/m0/s1. The maximum Gasteiger partial charge on any atom is 0.328 e. The van der Waals surface area contributed by atoms with E-state index in [1.165, 1.54) is 10.9 Å². The number of amides is 1. The molecule has 1 atom stereocenters. The molecule has 1 amide bonds. The number of nitrogens with zero attached hydrogens (tertiary/aromatic N) is 3. The Bertz CT molecular complexity index is 408. The van der Waals surface area contributed by atoms with Gasteiger partial charge in [-0.25, -0.2) is 9.48 Å². The van der Waals surface area contributed by atoms with Gasteiger partial charge in [0.15, 0.2) is 0 Å². The number of nitrogens with one attached hydrogen (secondary N) is 1. The third-order valence-electron chi connectivity index (χ3n) is 1.92. The van der Waals surface area contributed by atoms with Gasteiger partial charge in [0.2, 0.25) is 5.91 Å². The summed E-state index contributed by atoms with van der Waals surface area (Å²) in [6, 6.07) is -0.694. The zero-order valence-corrected chi connectivity index (χ0v) is 11.0. The summed E-state index contributed by atoms with van der Waals surface area (Å²) >= 11 is 0. The highest BCUT2D eigenvalue weighted by Gasteiger charge is 2.22. The molecule has 1 aromatic heterocycles. The van der Waals surface area contributed by atoms with Crippen LogP contribution in [0.3, 0.4) is 0 Å². The predicted molar refractivity (Wildman–Crippen MR) is 63.5 cm³/mol. The number of ether oxygens (including phenoxy) is 1. The monoisotopic (exact) mass is 254 g/mol. The van der Waals surface area contributed by atoms with Crippen LogP contribution in [0, 0.1) is 0 Å². The Hall–Kier alpha value is -1.92. The summed E-state index contributed by atoms with van der Waals surface area (Å²) in [5.74, 6) is -0.784. The van der Waals surface area contributed by atoms with Gasteiger partial charge in [0.1, 0.15) is 18.2 Å². The molecule has 0 aliphatic heterocycles. The van der Waals surface area contributed by atoms with Crippen molar-refractivity contribution < 1.29 is 14.3 Å². The van der Waals surface area contributed by atoms with Crippen LogP contribution in [-0.4, -0.2) is 38.5 Å². The fourth-order valence-electron chi connectivity index (χ4n) is 1.20. The molecule has 1 aromatic rings. The van der Waals surface area contributed by atoms with Crippen molar-refractivity contribution >= 4 is 11.9 Å². The van der Waals surface area contributed by atoms with Crippen LogP contribution in [-0.2, 0) is 20.9 Å². The first-order chi connectivity index (χ1) is 8.28. The molecule has 7 nitrogen and oxygen atoms in total. The molecule has 1 N–H and O–H groups in total. The lowest BCUT2D eigenvalue weighted by molar-refractivity contribution is -0.158. The average Bonchev–Trinajstić information content (AvgIpc) is 2.67. The van der Waals surface area contributed by atoms with E-state index in [1.54, 1.807) is 33.9 Å². The number of aromatic nitrogens is 3. The fraction of sp³-hybridized carbons (Fsp3) is 0.636. The lowest BCUT2D eigenvalue weighted by Gasteiger charge is -2.22. The second-order valence-corrected chi connectivity index (χ2v) is 4.92. The first kappa shape index (κ1) is 14.1. The lowest BCUT2D eigenvalue weighted by Crippen LogP contribution is -2.43. The summed E-state index contributed by atoms with van der Waals surface area (Å²) in [6.07, 6.45) is 3.04. The number of esters is 1. The quantitative estimate of drug-likeness (QED) is 0.771. The van der Waals surface area contributed by atoms with Gasteiger partial charge in [-0.2, -0.15) is 0 Å². The molecule has 0 fully saturated rings. The summed E-state index contributed by atoms with van der Waals surface area (Å²) < 4.78 is 6.52. The summed E-state index contributed by atoms with van der Waals surface area (Å²) in [5, 5.41) is 9.78. The van der Waals surface area contributed by atoms with E-state index in [9.17, 15) is 9.59 Å². The fourth-order valence-corrected chi connectivity index (χ4v) is 1.20. The smallest absolute Gasteiger partial charge is 0.328 e. The lowest BCUT2D eigenvalue weighted by atomic mass is 10.2. The molecule has 0 radical (unpaired) electrons. The van der Waals surface area contributed by atoms with Gasteiger partial charge in [0, 0.05) is 6.20 Å². The number of carbonyl (C=O) groups excluding carboxylic acids is 2. The van der Waals surface area contributed by atoms with Crippen molar-refractivity contribution in [1.29, 1.82) is 0 Å². The average molecular weight is 254 g/mol. The Morgan fingerprint density at radius 1 is 1.44 bits per heavy atom. The molecule has 18 heavy (non-hydrogen) atoms. The molecule has 7 heteroatoms. The normalized spacial score (nSPS) is 12.9. The second kappa shape index (κ2) is 5.61. The molecule has 1 heterocycles. The van der Waals surface area contributed by atoms with Gasteiger partial charge in [-0.3, -0.25) is 4.79 Å². The van der Waals surface area contributed by atoms with Crippen molar-refractivity contribution in [3.05, 3.63) is 12.4 Å². The summed E-state index contributed by atoms with van der Waals surface area (Å²) in [7, 11) is 0. The van der Waals surface area contributed by atoms with Gasteiger partial charge in [-0.15, -0.1) is 5.10 Å².